The molecule has 0 unspecified atom stereocenters. The van der Waals surface area contributed by atoms with Crippen molar-refractivity contribution >= 4 is 29.7 Å². The van der Waals surface area contributed by atoms with Gasteiger partial charge in [-0.1, -0.05) is 6.92 Å². The predicted molar refractivity (Wildman–Crippen MR) is 87.7 cm³/mol. The number of hydrogen-bond acceptors (Lipinski definition) is 4. The molecule has 2 heterocycles. The summed E-state index contributed by atoms with van der Waals surface area (Å²) in [4.78, 5) is 28.3. The number of aldehydes is 1. The van der Waals surface area contributed by atoms with Crippen molar-refractivity contribution in [2.24, 2.45) is 0 Å². The van der Waals surface area contributed by atoms with Gasteiger partial charge in [-0.05, 0) is 36.3 Å². The molecule has 0 fully saturated rings. The topological polar surface area (TPSA) is 62.4 Å². The average molecular weight is 308 g/mol. The summed E-state index contributed by atoms with van der Waals surface area (Å²) in [6.45, 7) is 3.22. The lowest BCUT2D eigenvalue weighted by molar-refractivity contribution is 0.103. The number of hydrogen-bond donors (Lipinski definition) is 1. The van der Waals surface area contributed by atoms with Crippen LogP contribution in [-0.2, 0) is 0 Å². The molecule has 5 nitrogen and oxygen atoms in total. The molecule has 2 aromatic rings. The van der Waals surface area contributed by atoms with Crippen molar-refractivity contribution in [3.8, 4) is 5.75 Å². The van der Waals surface area contributed by atoms with E-state index in [-0.39, 0.29) is 5.78 Å². The summed E-state index contributed by atoms with van der Waals surface area (Å²) in [5.41, 5.74) is 4.04. The molecule has 1 N–H and O–H groups in total. The smallest absolute Gasteiger partial charge is 0.189 e. The summed E-state index contributed by atoms with van der Waals surface area (Å²) < 4.78 is 5.60. The number of allylic oxidation sites excluding steroid dienone is 1. The Bertz CT molecular complexity index is 848. The first kappa shape index (κ1) is 13.8. The minimum Gasteiger partial charge on any atom is -0.488 e. The van der Waals surface area contributed by atoms with E-state index in [0.29, 0.717) is 24.6 Å². The number of H-pyrrole nitrogens is 1. The van der Waals surface area contributed by atoms with Gasteiger partial charge in [-0.2, -0.15) is 0 Å². The molecule has 23 heavy (non-hydrogen) atoms. The zero-order chi connectivity index (χ0) is 16.0. The summed E-state index contributed by atoms with van der Waals surface area (Å²) >= 11 is 0. The number of anilines is 2. The number of aromatic nitrogens is 1. The molecule has 116 valence electrons. The maximum absolute atomic E-state index is 12.2. The molecular formula is C18H16N2O3. The molecule has 1 aliphatic heterocycles. The average Bonchev–Trinajstić information content (AvgIpc) is 3.15. The van der Waals surface area contributed by atoms with Crippen LogP contribution in [0.15, 0.2) is 29.8 Å². The zero-order valence-electron chi connectivity index (χ0n) is 12.8. The third kappa shape index (κ3) is 2.08. The van der Waals surface area contributed by atoms with Crippen LogP contribution in [0.25, 0.3) is 6.08 Å². The quantitative estimate of drug-likeness (QED) is 0.883. The summed E-state index contributed by atoms with van der Waals surface area (Å²) in [6.07, 6.45) is 3.48. The fourth-order valence-corrected chi connectivity index (χ4v) is 3.17. The van der Waals surface area contributed by atoms with Gasteiger partial charge in [0.25, 0.3) is 0 Å². The molecule has 0 radical (unpaired) electrons. The first-order valence-corrected chi connectivity index (χ1v) is 7.69. The van der Waals surface area contributed by atoms with E-state index in [2.05, 4.69) is 9.88 Å². The molecular weight excluding hydrogens is 292 g/mol. The Morgan fingerprint density at radius 3 is 3.00 bits per heavy atom. The second-order valence-corrected chi connectivity index (χ2v) is 5.68. The molecule has 4 rings (SSSR count). The number of ether oxygens (including phenoxy) is 1. The van der Waals surface area contributed by atoms with E-state index < -0.39 is 0 Å². The molecule has 0 amide bonds. The monoisotopic (exact) mass is 308 g/mol. The van der Waals surface area contributed by atoms with E-state index in [1.165, 1.54) is 0 Å². The first-order chi connectivity index (χ1) is 11.2. The Morgan fingerprint density at radius 1 is 1.35 bits per heavy atom. The van der Waals surface area contributed by atoms with Crippen molar-refractivity contribution in [2.75, 3.05) is 18.1 Å². The van der Waals surface area contributed by atoms with Gasteiger partial charge in [0.2, 0.25) is 0 Å². The van der Waals surface area contributed by atoms with Crippen LogP contribution in [0.5, 0.6) is 5.75 Å². The molecule has 0 spiro atoms. The van der Waals surface area contributed by atoms with Crippen molar-refractivity contribution in [3.63, 3.8) is 0 Å². The molecule has 0 saturated carbocycles. The summed E-state index contributed by atoms with van der Waals surface area (Å²) in [5, 5.41) is 0. The molecule has 5 heteroatoms. The van der Waals surface area contributed by atoms with Crippen molar-refractivity contribution in [1.29, 1.82) is 0 Å². The second kappa shape index (κ2) is 5.12. The minimum atomic E-state index is 0.125. The summed E-state index contributed by atoms with van der Waals surface area (Å²) in [5.74, 6) is 1.59. The number of carbonyl (C=O) groups excluding carboxylic acids is 2. The maximum Gasteiger partial charge on any atom is 0.189 e. The third-order valence-electron chi connectivity index (χ3n) is 4.35. The van der Waals surface area contributed by atoms with Crippen molar-refractivity contribution < 1.29 is 14.3 Å². The van der Waals surface area contributed by atoms with E-state index in [4.69, 9.17) is 4.74 Å². The van der Waals surface area contributed by atoms with E-state index in [1.54, 1.807) is 6.07 Å². The molecule has 0 atom stereocenters. The summed E-state index contributed by atoms with van der Waals surface area (Å²) in [7, 11) is 0. The van der Waals surface area contributed by atoms with Crippen LogP contribution < -0.4 is 9.64 Å². The first-order valence-electron chi connectivity index (χ1n) is 7.69. The highest BCUT2D eigenvalue weighted by Gasteiger charge is 2.25. The number of nitrogens with one attached hydrogen (secondary N) is 1. The van der Waals surface area contributed by atoms with Crippen LogP contribution in [0.4, 0.5) is 11.5 Å². The number of rotatable bonds is 3. The fourth-order valence-electron chi connectivity index (χ4n) is 3.17. The Kier molecular flexibility index (Phi) is 3.08. The fraction of sp³-hybridized carbons (Fsp3) is 0.222. The third-order valence-corrected chi connectivity index (χ3v) is 4.35. The largest absolute Gasteiger partial charge is 0.488 e. The number of ketones is 1. The van der Waals surface area contributed by atoms with Crippen LogP contribution in [0, 0.1) is 0 Å². The Hall–Kier alpha value is -2.82. The number of benzene rings is 1. The molecule has 1 aromatic heterocycles. The van der Waals surface area contributed by atoms with Gasteiger partial charge in [0.1, 0.15) is 6.61 Å². The van der Waals surface area contributed by atoms with Gasteiger partial charge in [-0.3, -0.25) is 9.59 Å². The van der Waals surface area contributed by atoms with Crippen molar-refractivity contribution in [3.05, 3.63) is 46.7 Å². The molecule has 1 aromatic carbocycles. The maximum atomic E-state index is 12.2. The number of carbonyl (C=O) groups is 2. The van der Waals surface area contributed by atoms with Crippen molar-refractivity contribution in [1.82, 2.24) is 4.98 Å². The van der Waals surface area contributed by atoms with Gasteiger partial charge < -0.3 is 14.6 Å². The summed E-state index contributed by atoms with van der Waals surface area (Å²) in [6, 6.07) is 7.55. The van der Waals surface area contributed by atoms with Crippen LogP contribution >= 0.6 is 0 Å². The van der Waals surface area contributed by atoms with Gasteiger partial charge in [-0.25, -0.2) is 0 Å². The van der Waals surface area contributed by atoms with Crippen molar-refractivity contribution in [2.45, 2.75) is 13.3 Å². The normalized spacial score (nSPS) is 15.8. The number of aromatic amines is 1. The lowest BCUT2D eigenvalue weighted by Gasteiger charge is -2.29. The standard InChI is InChI=1S/C18H16N2O3/c1-2-11-7-12-8-14(3-4-15(12)17(11)22)20-5-6-23-16-9-13(10-21)19-18(16)20/h3-4,7-10,19H,2,5-6H2,1H3. The van der Waals surface area contributed by atoms with Gasteiger partial charge in [0.15, 0.2) is 23.6 Å². The highest BCUT2D eigenvalue weighted by Crippen LogP contribution is 2.38. The van der Waals surface area contributed by atoms with E-state index in [1.807, 2.05) is 31.2 Å². The zero-order valence-corrected chi connectivity index (χ0v) is 12.8. The van der Waals surface area contributed by atoms with Crippen LogP contribution in [0.3, 0.4) is 0 Å². The van der Waals surface area contributed by atoms with Crippen LogP contribution in [-0.4, -0.2) is 30.2 Å². The highest BCUT2D eigenvalue weighted by atomic mass is 16.5. The number of fused-ring (bicyclic) bond motifs is 2. The second-order valence-electron chi connectivity index (χ2n) is 5.68. The lowest BCUT2D eigenvalue weighted by Crippen LogP contribution is -2.28. The van der Waals surface area contributed by atoms with Gasteiger partial charge in [0.05, 0.1) is 12.2 Å². The Morgan fingerprint density at radius 2 is 2.22 bits per heavy atom. The molecule has 1 aliphatic carbocycles. The van der Waals surface area contributed by atoms with E-state index in [0.717, 1.165) is 40.9 Å². The number of nitrogens with zero attached hydrogens (tertiary/aromatic N) is 1. The Labute approximate surface area is 133 Å². The van der Waals surface area contributed by atoms with Gasteiger partial charge >= 0.3 is 0 Å². The Balaban J connectivity index is 1.76. The number of Topliss-reactive ketones (excluding diaryl/α,β-unsaturated/α-hetero) is 1. The van der Waals surface area contributed by atoms with E-state index in [9.17, 15) is 9.59 Å². The van der Waals surface area contributed by atoms with E-state index >= 15 is 0 Å². The predicted octanol–water partition coefficient (Wildman–Crippen LogP) is 3.35. The molecule has 2 aliphatic rings. The van der Waals surface area contributed by atoms with Crippen LogP contribution in [0.1, 0.15) is 39.8 Å². The molecule has 0 saturated heterocycles. The molecule has 0 bridgehead atoms. The minimum absolute atomic E-state index is 0.125. The SMILES string of the molecule is CCC1=Cc2cc(N3CCOc4cc(C=O)[nH]c43)ccc2C1=O. The lowest BCUT2D eigenvalue weighted by atomic mass is 10.1. The van der Waals surface area contributed by atoms with Crippen LogP contribution in [0.2, 0.25) is 0 Å². The highest BCUT2D eigenvalue weighted by molar-refractivity contribution is 6.18. The van der Waals surface area contributed by atoms with Gasteiger partial charge in [0, 0.05) is 22.9 Å². The van der Waals surface area contributed by atoms with Gasteiger partial charge in [-0.15, -0.1) is 0 Å².